The third-order valence-corrected chi connectivity index (χ3v) is 8.08. The number of nitrogens with one attached hydrogen (secondary N) is 1. The van der Waals surface area contributed by atoms with Gasteiger partial charge in [-0.25, -0.2) is 0 Å². The molecular weight excluding hydrogens is 448 g/mol. The second-order valence-corrected chi connectivity index (χ2v) is 10.9. The number of hydrogen-bond donors (Lipinski definition) is 2. The minimum Gasteiger partial charge on any atom is -0.384 e. The molecule has 0 spiro atoms. The molecule has 0 unspecified atom stereocenters. The van der Waals surface area contributed by atoms with Crippen molar-refractivity contribution in [3.05, 3.63) is 70.2 Å². The zero-order valence-corrected chi connectivity index (χ0v) is 21.1. The molecule has 0 radical (unpaired) electrons. The van der Waals surface area contributed by atoms with Gasteiger partial charge in [-0.15, -0.1) is 0 Å². The van der Waals surface area contributed by atoms with E-state index in [0.29, 0.717) is 30.1 Å². The van der Waals surface area contributed by atoms with E-state index in [0.717, 1.165) is 36.8 Å². The van der Waals surface area contributed by atoms with Crippen molar-refractivity contribution in [2.75, 3.05) is 13.1 Å². The fraction of sp³-hybridized carbons (Fsp3) is 0.500. The fourth-order valence-electron chi connectivity index (χ4n) is 5.62. The SMILES string of the molecule is CCc1cccc(C(=O)N[C@@H]2CCC[C@@H]2C(=O)N2CC[C@](O)(c3ccc(Cl)cc3)C(C)(C)C2)c1. The summed E-state index contributed by atoms with van der Waals surface area (Å²) in [7, 11) is 0. The van der Waals surface area contributed by atoms with Gasteiger partial charge < -0.3 is 15.3 Å². The summed E-state index contributed by atoms with van der Waals surface area (Å²) in [6.45, 7) is 7.03. The minimum absolute atomic E-state index is 0.0799. The van der Waals surface area contributed by atoms with Crippen molar-refractivity contribution in [1.82, 2.24) is 10.2 Å². The lowest BCUT2D eigenvalue weighted by Crippen LogP contribution is -2.58. The van der Waals surface area contributed by atoms with Crippen LogP contribution in [0.4, 0.5) is 0 Å². The summed E-state index contributed by atoms with van der Waals surface area (Å²) in [4.78, 5) is 28.4. The smallest absolute Gasteiger partial charge is 0.251 e. The molecule has 1 heterocycles. The van der Waals surface area contributed by atoms with Gasteiger partial charge in [-0.1, -0.05) is 63.1 Å². The average molecular weight is 483 g/mol. The second kappa shape index (κ2) is 9.71. The molecule has 34 heavy (non-hydrogen) atoms. The van der Waals surface area contributed by atoms with Gasteiger partial charge in [0.15, 0.2) is 0 Å². The highest BCUT2D eigenvalue weighted by Crippen LogP contribution is 2.46. The first-order valence-electron chi connectivity index (χ1n) is 12.3. The molecule has 3 atom stereocenters. The summed E-state index contributed by atoms with van der Waals surface area (Å²) in [5, 5.41) is 15.4. The summed E-state index contributed by atoms with van der Waals surface area (Å²) in [5.41, 5.74) is 1.02. The first-order chi connectivity index (χ1) is 16.1. The maximum atomic E-state index is 13.6. The van der Waals surface area contributed by atoms with Gasteiger partial charge >= 0.3 is 0 Å². The van der Waals surface area contributed by atoms with Gasteiger partial charge in [0.05, 0.1) is 11.5 Å². The van der Waals surface area contributed by atoms with Crippen LogP contribution in [-0.4, -0.2) is 41.0 Å². The Morgan fingerprint density at radius 2 is 1.88 bits per heavy atom. The monoisotopic (exact) mass is 482 g/mol. The molecule has 5 nitrogen and oxygen atoms in total. The van der Waals surface area contributed by atoms with Crippen LogP contribution in [0.25, 0.3) is 0 Å². The average Bonchev–Trinajstić information content (AvgIpc) is 3.28. The number of carbonyl (C=O) groups excluding carboxylic acids is 2. The van der Waals surface area contributed by atoms with Crippen molar-refractivity contribution in [2.24, 2.45) is 11.3 Å². The van der Waals surface area contributed by atoms with Crippen LogP contribution in [0.5, 0.6) is 0 Å². The van der Waals surface area contributed by atoms with Gasteiger partial charge in [0.25, 0.3) is 5.91 Å². The molecule has 2 aromatic carbocycles. The van der Waals surface area contributed by atoms with E-state index < -0.39 is 11.0 Å². The summed E-state index contributed by atoms with van der Waals surface area (Å²) in [6, 6.07) is 14.8. The number of aryl methyl sites for hydroxylation is 1. The number of nitrogens with zero attached hydrogens (tertiary/aromatic N) is 1. The van der Waals surface area contributed by atoms with Gasteiger partial charge in [-0.3, -0.25) is 9.59 Å². The Labute approximate surface area is 207 Å². The topological polar surface area (TPSA) is 69.6 Å². The largest absolute Gasteiger partial charge is 0.384 e. The highest BCUT2D eigenvalue weighted by molar-refractivity contribution is 6.30. The van der Waals surface area contributed by atoms with Crippen LogP contribution in [0.15, 0.2) is 48.5 Å². The summed E-state index contributed by atoms with van der Waals surface area (Å²) < 4.78 is 0. The van der Waals surface area contributed by atoms with Crippen LogP contribution in [0.2, 0.25) is 5.02 Å². The Morgan fingerprint density at radius 3 is 2.56 bits per heavy atom. The molecular formula is C28H35ClN2O3. The van der Waals surface area contributed by atoms with Crippen LogP contribution in [0.3, 0.4) is 0 Å². The maximum Gasteiger partial charge on any atom is 0.251 e. The molecule has 1 saturated carbocycles. The molecule has 1 aliphatic carbocycles. The van der Waals surface area contributed by atoms with Crippen LogP contribution in [0.1, 0.15) is 67.9 Å². The summed E-state index contributed by atoms with van der Waals surface area (Å²) >= 11 is 6.04. The number of halogens is 1. The molecule has 6 heteroatoms. The molecule has 1 saturated heterocycles. The Kier molecular flexibility index (Phi) is 7.07. The lowest BCUT2D eigenvalue weighted by molar-refractivity contribution is -0.156. The van der Waals surface area contributed by atoms with E-state index in [4.69, 9.17) is 11.6 Å². The molecule has 0 aromatic heterocycles. The fourth-order valence-corrected chi connectivity index (χ4v) is 5.74. The van der Waals surface area contributed by atoms with E-state index in [1.54, 1.807) is 12.1 Å². The quantitative estimate of drug-likeness (QED) is 0.633. The molecule has 2 aromatic rings. The predicted molar refractivity (Wildman–Crippen MR) is 135 cm³/mol. The van der Waals surface area contributed by atoms with Crippen LogP contribution in [-0.2, 0) is 16.8 Å². The van der Waals surface area contributed by atoms with E-state index in [-0.39, 0.29) is 23.8 Å². The predicted octanol–water partition coefficient (Wildman–Crippen LogP) is 4.95. The molecule has 2 fully saturated rings. The number of rotatable bonds is 5. The van der Waals surface area contributed by atoms with Crippen LogP contribution in [0, 0.1) is 11.3 Å². The number of hydrogen-bond acceptors (Lipinski definition) is 3. The highest BCUT2D eigenvalue weighted by atomic mass is 35.5. The number of likely N-dealkylation sites (tertiary alicyclic amines) is 1. The molecule has 182 valence electrons. The standard InChI is InChI=1S/C28H35ClN2O3/c1-4-19-7-5-8-20(17-19)25(32)30-24-10-6-9-23(24)26(33)31-16-15-28(34,27(2,3)18-31)21-11-13-22(29)14-12-21/h5,7-8,11-14,17,23-24,34H,4,6,9-10,15-16,18H2,1-3H3,(H,30,32)/t23-,24+,28-/m0/s1. The highest BCUT2D eigenvalue weighted by Gasteiger charge is 2.50. The lowest BCUT2D eigenvalue weighted by Gasteiger charge is -2.51. The van der Waals surface area contributed by atoms with E-state index in [1.165, 1.54) is 0 Å². The minimum atomic E-state index is -1.04. The number of amides is 2. The molecule has 0 bridgehead atoms. The molecule has 1 aliphatic heterocycles. The van der Waals surface area contributed by atoms with Crippen molar-refractivity contribution < 1.29 is 14.7 Å². The second-order valence-electron chi connectivity index (χ2n) is 10.4. The van der Waals surface area contributed by atoms with E-state index >= 15 is 0 Å². The van der Waals surface area contributed by atoms with Gasteiger partial charge in [0, 0.05) is 35.1 Å². The summed E-state index contributed by atoms with van der Waals surface area (Å²) in [5.74, 6) is -0.261. The lowest BCUT2D eigenvalue weighted by atomic mass is 9.66. The van der Waals surface area contributed by atoms with Gasteiger partial charge in [0.2, 0.25) is 5.91 Å². The van der Waals surface area contributed by atoms with Crippen molar-refractivity contribution >= 4 is 23.4 Å². The van der Waals surface area contributed by atoms with Gasteiger partial charge in [-0.05, 0) is 61.1 Å². The van der Waals surface area contributed by atoms with Gasteiger partial charge in [-0.2, -0.15) is 0 Å². The number of piperidine rings is 1. The first kappa shape index (κ1) is 24.7. The number of aliphatic hydroxyl groups is 1. The van der Waals surface area contributed by atoms with Crippen LogP contribution < -0.4 is 5.32 Å². The summed E-state index contributed by atoms with van der Waals surface area (Å²) in [6.07, 6.45) is 3.83. The molecule has 2 amide bonds. The zero-order chi connectivity index (χ0) is 24.5. The first-order valence-corrected chi connectivity index (χ1v) is 12.7. The zero-order valence-electron chi connectivity index (χ0n) is 20.3. The Balaban J connectivity index is 1.45. The Bertz CT molecular complexity index is 1050. The third-order valence-electron chi connectivity index (χ3n) is 7.83. The van der Waals surface area contributed by atoms with Crippen molar-refractivity contribution in [1.29, 1.82) is 0 Å². The molecule has 2 aliphatic rings. The van der Waals surface area contributed by atoms with E-state index in [9.17, 15) is 14.7 Å². The van der Waals surface area contributed by atoms with Crippen molar-refractivity contribution in [2.45, 2.75) is 64.5 Å². The van der Waals surface area contributed by atoms with E-state index in [2.05, 4.69) is 12.2 Å². The van der Waals surface area contributed by atoms with E-state index in [1.807, 2.05) is 55.1 Å². The maximum absolute atomic E-state index is 13.6. The van der Waals surface area contributed by atoms with Crippen LogP contribution >= 0.6 is 11.6 Å². The van der Waals surface area contributed by atoms with Crippen molar-refractivity contribution in [3.8, 4) is 0 Å². The number of benzene rings is 2. The normalized spacial score (nSPS) is 26.3. The molecule has 2 N–H and O–H groups in total. The third kappa shape index (κ3) is 4.73. The Morgan fingerprint density at radius 1 is 1.15 bits per heavy atom. The van der Waals surface area contributed by atoms with Gasteiger partial charge in [0.1, 0.15) is 0 Å². The Hall–Kier alpha value is -2.37. The number of carbonyl (C=O) groups is 2. The van der Waals surface area contributed by atoms with Crippen molar-refractivity contribution in [3.63, 3.8) is 0 Å². The molecule has 4 rings (SSSR count).